The monoisotopic (exact) mass is 296 g/mol. The molecule has 92 valence electrons. The number of ketones is 2. The summed E-state index contributed by atoms with van der Waals surface area (Å²) in [7, 11) is 0. The largest absolute Gasteiger partial charge is 0.299 e. The Morgan fingerprint density at radius 1 is 1.24 bits per heavy atom. The van der Waals surface area contributed by atoms with E-state index in [1.807, 2.05) is 12.1 Å². The van der Waals surface area contributed by atoms with Gasteiger partial charge in [0.05, 0.1) is 5.92 Å². The second-order valence-electron chi connectivity index (χ2n) is 4.18. The van der Waals surface area contributed by atoms with Crippen LogP contribution in [0.2, 0.25) is 0 Å². The van der Waals surface area contributed by atoms with E-state index in [1.54, 1.807) is 12.1 Å². The molecule has 0 aliphatic carbocycles. The second kappa shape index (κ2) is 6.70. The van der Waals surface area contributed by atoms with Gasteiger partial charge in [0, 0.05) is 10.0 Å². The van der Waals surface area contributed by atoms with Gasteiger partial charge in [-0.1, -0.05) is 47.8 Å². The minimum absolute atomic E-state index is 0.0358. The van der Waals surface area contributed by atoms with Crippen molar-refractivity contribution in [3.63, 3.8) is 0 Å². The lowest BCUT2D eigenvalue weighted by Crippen LogP contribution is -2.22. The van der Waals surface area contributed by atoms with Crippen molar-refractivity contribution in [1.29, 1.82) is 0 Å². The molecule has 2 nitrogen and oxygen atoms in total. The highest BCUT2D eigenvalue weighted by Gasteiger charge is 2.23. The first-order chi connectivity index (χ1) is 8.06. The molecule has 0 radical (unpaired) electrons. The van der Waals surface area contributed by atoms with Gasteiger partial charge in [0.15, 0.2) is 5.78 Å². The van der Waals surface area contributed by atoms with Crippen molar-refractivity contribution in [1.82, 2.24) is 0 Å². The summed E-state index contributed by atoms with van der Waals surface area (Å²) >= 11 is 3.32. The van der Waals surface area contributed by atoms with Crippen LogP contribution >= 0.6 is 15.9 Å². The van der Waals surface area contributed by atoms with Gasteiger partial charge in [-0.3, -0.25) is 9.59 Å². The summed E-state index contributed by atoms with van der Waals surface area (Å²) in [5, 5.41) is 0. The Bertz CT molecular complexity index is 395. The fraction of sp³-hybridized carbons (Fsp3) is 0.429. The third kappa shape index (κ3) is 4.08. The van der Waals surface area contributed by atoms with E-state index >= 15 is 0 Å². The number of carbonyl (C=O) groups is 2. The lowest BCUT2D eigenvalue weighted by Gasteiger charge is -2.12. The van der Waals surface area contributed by atoms with E-state index in [9.17, 15) is 9.59 Å². The minimum Gasteiger partial charge on any atom is -0.299 e. The first-order valence-electron chi connectivity index (χ1n) is 5.86. The van der Waals surface area contributed by atoms with Crippen LogP contribution in [0.15, 0.2) is 28.7 Å². The molecule has 0 saturated heterocycles. The third-order valence-electron chi connectivity index (χ3n) is 2.78. The average Bonchev–Trinajstić information content (AvgIpc) is 2.29. The second-order valence-corrected chi connectivity index (χ2v) is 5.09. The summed E-state index contributed by atoms with van der Waals surface area (Å²) in [6.07, 6.45) is 2.56. The van der Waals surface area contributed by atoms with Gasteiger partial charge in [-0.2, -0.15) is 0 Å². The smallest absolute Gasteiger partial charge is 0.173 e. The topological polar surface area (TPSA) is 34.1 Å². The van der Waals surface area contributed by atoms with Gasteiger partial charge in [-0.25, -0.2) is 0 Å². The van der Waals surface area contributed by atoms with E-state index in [-0.39, 0.29) is 11.6 Å². The number of halogens is 1. The minimum atomic E-state index is -0.476. The van der Waals surface area contributed by atoms with Gasteiger partial charge in [0.25, 0.3) is 0 Å². The molecule has 0 saturated carbocycles. The van der Waals surface area contributed by atoms with Crippen molar-refractivity contribution in [2.45, 2.75) is 33.1 Å². The maximum Gasteiger partial charge on any atom is 0.173 e. The van der Waals surface area contributed by atoms with Crippen LogP contribution in [0.3, 0.4) is 0 Å². The zero-order valence-electron chi connectivity index (χ0n) is 10.2. The standard InChI is InChI=1S/C14H17BrO2/c1-3-4-5-13(10(2)16)14(17)11-6-8-12(15)9-7-11/h6-9,13H,3-5H2,1-2H3. The van der Waals surface area contributed by atoms with Crippen LogP contribution in [0.4, 0.5) is 0 Å². The summed E-state index contributed by atoms with van der Waals surface area (Å²) in [6.45, 7) is 3.55. The Kier molecular flexibility index (Phi) is 5.56. The number of benzene rings is 1. The summed E-state index contributed by atoms with van der Waals surface area (Å²) in [4.78, 5) is 23.7. The van der Waals surface area contributed by atoms with Gasteiger partial charge < -0.3 is 0 Å². The molecule has 1 rings (SSSR count). The Morgan fingerprint density at radius 2 is 1.82 bits per heavy atom. The van der Waals surface area contributed by atoms with Gasteiger partial charge >= 0.3 is 0 Å². The van der Waals surface area contributed by atoms with Crippen LogP contribution in [-0.2, 0) is 4.79 Å². The zero-order chi connectivity index (χ0) is 12.8. The fourth-order valence-electron chi connectivity index (χ4n) is 1.74. The number of Topliss-reactive ketones (excluding diaryl/α,β-unsaturated/α-hetero) is 2. The van der Waals surface area contributed by atoms with Gasteiger partial charge in [0.1, 0.15) is 5.78 Å². The number of carbonyl (C=O) groups excluding carboxylic acids is 2. The molecule has 1 aromatic carbocycles. The van der Waals surface area contributed by atoms with E-state index in [2.05, 4.69) is 22.9 Å². The molecule has 0 spiro atoms. The molecule has 0 bridgehead atoms. The quantitative estimate of drug-likeness (QED) is 0.587. The fourth-order valence-corrected chi connectivity index (χ4v) is 2.01. The van der Waals surface area contributed by atoms with Crippen molar-refractivity contribution in [2.75, 3.05) is 0 Å². The zero-order valence-corrected chi connectivity index (χ0v) is 11.8. The predicted octanol–water partition coefficient (Wildman–Crippen LogP) is 4.03. The van der Waals surface area contributed by atoms with Crippen LogP contribution < -0.4 is 0 Å². The van der Waals surface area contributed by atoms with Crippen molar-refractivity contribution < 1.29 is 9.59 Å². The molecule has 17 heavy (non-hydrogen) atoms. The lowest BCUT2D eigenvalue weighted by atomic mass is 9.90. The summed E-state index contributed by atoms with van der Waals surface area (Å²) < 4.78 is 0.932. The summed E-state index contributed by atoms with van der Waals surface area (Å²) in [6, 6.07) is 7.16. The molecular formula is C14H17BrO2. The normalized spacial score (nSPS) is 12.2. The number of unbranched alkanes of at least 4 members (excludes halogenated alkanes) is 1. The predicted molar refractivity (Wildman–Crippen MR) is 72.2 cm³/mol. The number of hydrogen-bond acceptors (Lipinski definition) is 2. The molecule has 0 heterocycles. The summed E-state index contributed by atoms with van der Waals surface area (Å²) in [5.74, 6) is -0.569. The Hall–Kier alpha value is -0.960. The van der Waals surface area contributed by atoms with E-state index in [4.69, 9.17) is 0 Å². The van der Waals surface area contributed by atoms with E-state index < -0.39 is 5.92 Å². The summed E-state index contributed by atoms with van der Waals surface area (Å²) in [5.41, 5.74) is 0.615. The van der Waals surface area contributed by atoms with Crippen molar-refractivity contribution in [2.24, 2.45) is 5.92 Å². The van der Waals surface area contributed by atoms with Crippen molar-refractivity contribution >= 4 is 27.5 Å². The van der Waals surface area contributed by atoms with E-state index in [0.717, 1.165) is 17.3 Å². The number of hydrogen-bond donors (Lipinski definition) is 0. The molecule has 1 unspecified atom stereocenters. The highest BCUT2D eigenvalue weighted by atomic mass is 79.9. The maximum atomic E-state index is 12.2. The van der Waals surface area contributed by atoms with Crippen molar-refractivity contribution in [3.8, 4) is 0 Å². The third-order valence-corrected chi connectivity index (χ3v) is 3.31. The highest BCUT2D eigenvalue weighted by molar-refractivity contribution is 9.10. The van der Waals surface area contributed by atoms with Crippen LogP contribution in [0.1, 0.15) is 43.5 Å². The highest BCUT2D eigenvalue weighted by Crippen LogP contribution is 2.18. The molecule has 0 amide bonds. The van der Waals surface area contributed by atoms with Crippen LogP contribution in [0.5, 0.6) is 0 Å². The van der Waals surface area contributed by atoms with Crippen molar-refractivity contribution in [3.05, 3.63) is 34.3 Å². The Balaban J connectivity index is 2.84. The molecular weight excluding hydrogens is 280 g/mol. The van der Waals surface area contributed by atoms with Gasteiger partial charge in [-0.05, 0) is 25.5 Å². The Labute approximate surface area is 111 Å². The molecule has 0 fully saturated rings. The van der Waals surface area contributed by atoms with Gasteiger partial charge in [0.2, 0.25) is 0 Å². The molecule has 0 aliphatic heterocycles. The first-order valence-corrected chi connectivity index (χ1v) is 6.65. The molecule has 0 aliphatic rings. The van der Waals surface area contributed by atoms with Crippen LogP contribution in [0, 0.1) is 5.92 Å². The lowest BCUT2D eigenvalue weighted by molar-refractivity contribution is -0.119. The average molecular weight is 297 g/mol. The maximum absolute atomic E-state index is 12.2. The van der Waals surface area contributed by atoms with Crippen LogP contribution in [0.25, 0.3) is 0 Å². The number of rotatable bonds is 6. The molecule has 1 aromatic rings. The Morgan fingerprint density at radius 3 is 2.29 bits per heavy atom. The van der Waals surface area contributed by atoms with Crippen LogP contribution in [-0.4, -0.2) is 11.6 Å². The van der Waals surface area contributed by atoms with E-state index in [0.29, 0.717) is 12.0 Å². The first kappa shape index (κ1) is 14.1. The molecule has 0 N–H and O–H groups in total. The van der Waals surface area contributed by atoms with E-state index in [1.165, 1.54) is 6.92 Å². The molecule has 1 atom stereocenters. The molecule has 0 aromatic heterocycles. The molecule has 3 heteroatoms. The van der Waals surface area contributed by atoms with Gasteiger partial charge in [-0.15, -0.1) is 0 Å². The SMILES string of the molecule is CCCCC(C(C)=O)C(=O)c1ccc(Br)cc1.